The highest BCUT2D eigenvalue weighted by Gasteiger charge is 2.13. The van der Waals surface area contributed by atoms with Crippen LogP contribution in [0.5, 0.6) is 0 Å². The number of hydrogen-bond donors (Lipinski definition) is 1. The van der Waals surface area contributed by atoms with Gasteiger partial charge in [-0.1, -0.05) is 0 Å². The summed E-state index contributed by atoms with van der Waals surface area (Å²) < 4.78 is 8.19. The predicted octanol–water partition coefficient (Wildman–Crippen LogP) is -1.45. The third-order valence-electron chi connectivity index (χ3n) is 3.97. The first kappa shape index (κ1) is 15.0. The second kappa shape index (κ2) is 6.85. The summed E-state index contributed by atoms with van der Waals surface area (Å²) in [6.45, 7) is 7.50. The van der Waals surface area contributed by atoms with E-state index in [0.29, 0.717) is 6.54 Å². The molecule has 1 saturated heterocycles. The van der Waals surface area contributed by atoms with E-state index < -0.39 is 0 Å². The van der Waals surface area contributed by atoms with E-state index in [1.807, 2.05) is 6.92 Å². The van der Waals surface area contributed by atoms with Crippen molar-refractivity contribution >= 4 is 0 Å². The van der Waals surface area contributed by atoms with Gasteiger partial charge in [-0.05, 0) is 19.8 Å². The summed E-state index contributed by atoms with van der Waals surface area (Å²) in [5, 5.41) is 0. The van der Waals surface area contributed by atoms with E-state index in [0.717, 1.165) is 51.4 Å². The Bertz CT molecular complexity index is 556. The lowest BCUT2D eigenvalue weighted by Gasteiger charge is -2.23. The summed E-state index contributed by atoms with van der Waals surface area (Å²) in [5.41, 5.74) is 0.298. The number of unbranched alkanes of at least 4 members (excludes halogenated alkanes) is 1. The third-order valence-corrected chi connectivity index (χ3v) is 3.97. The van der Waals surface area contributed by atoms with Crippen molar-refractivity contribution in [3.63, 3.8) is 0 Å². The minimum atomic E-state index is -0.235. The highest BCUT2D eigenvalue weighted by atomic mass is 16.5. The highest BCUT2D eigenvalue weighted by Crippen LogP contribution is 1.95. The van der Waals surface area contributed by atoms with E-state index in [9.17, 15) is 9.59 Å². The molecular formula is C14H24N3O3+. The number of ether oxygens (including phenoxy) is 1. The van der Waals surface area contributed by atoms with Gasteiger partial charge in [0.2, 0.25) is 0 Å². The van der Waals surface area contributed by atoms with Crippen molar-refractivity contribution in [1.82, 2.24) is 9.13 Å². The average molecular weight is 282 g/mol. The Morgan fingerprint density at radius 3 is 2.65 bits per heavy atom. The quantitative estimate of drug-likeness (QED) is 0.672. The Morgan fingerprint density at radius 2 is 1.95 bits per heavy atom. The van der Waals surface area contributed by atoms with Gasteiger partial charge in [0.25, 0.3) is 5.56 Å². The van der Waals surface area contributed by atoms with E-state index in [1.54, 1.807) is 9.47 Å². The molecule has 2 heterocycles. The molecule has 112 valence electrons. The molecule has 1 aliphatic heterocycles. The monoisotopic (exact) mass is 282 g/mol. The lowest BCUT2D eigenvalue weighted by molar-refractivity contribution is -0.908. The Morgan fingerprint density at radius 1 is 1.25 bits per heavy atom. The van der Waals surface area contributed by atoms with Gasteiger partial charge in [0.15, 0.2) is 0 Å². The van der Waals surface area contributed by atoms with Gasteiger partial charge in [-0.3, -0.25) is 13.9 Å². The van der Waals surface area contributed by atoms with Gasteiger partial charge in [0.05, 0.1) is 19.8 Å². The van der Waals surface area contributed by atoms with Crippen LogP contribution in [0, 0.1) is 6.92 Å². The minimum absolute atomic E-state index is 0.214. The van der Waals surface area contributed by atoms with Crippen LogP contribution >= 0.6 is 0 Å². The zero-order valence-electron chi connectivity index (χ0n) is 12.4. The molecule has 0 aromatic carbocycles. The molecule has 6 nitrogen and oxygen atoms in total. The van der Waals surface area contributed by atoms with Crippen LogP contribution in [0.15, 0.2) is 15.7 Å². The lowest BCUT2D eigenvalue weighted by atomic mass is 10.2. The molecule has 1 aromatic heterocycles. The molecule has 1 aromatic rings. The maximum atomic E-state index is 12.0. The predicted molar refractivity (Wildman–Crippen MR) is 76.3 cm³/mol. The van der Waals surface area contributed by atoms with Gasteiger partial charge in [-0.2, -0.15) is 0 Å². The van der Waals surface area contributed by atoms with Crippen molar-refractivity contribution in [2.24, 2.45) is 7.05 Å². The maximum absolute atomic E-state index is 12.0. The van der Waals surface area contributed by atoms with Gasteiger partial charge >= 0.3 is 5.69 Å². The number of rotatable bonds is 5. The number of nitrogens with one attached hydrogen (secondary N) is 1. The molecule has 2 rings (SSSR count). The molecule has 0 unspecified atom stereocenters. The van der Waals surface area contributed by atoms with Crippen LogP contribution in [-0.2, 0) is 18.3 Å². The van der Waals surface area contributed by atoms with Gasteiger partial charge < -0.3 is 9.64 Å². The molecule has 1 aliphatic rings. The maximum Gasteiger partial charge on any atom is 0.330 e. The first-order valence-electron chi connectivity index (χ1n) is 7.28. The van der Waals surface area contributed by atoms with Crippen molar-refractivity contribution < 1.29 is 9.64 Å². The SMILES string of the molecule is Cc1cc(=O)n(C)c(=O)n1CCCC[NH+]1CCOCC1. The van der Waals surface area contributed by atoms with Crippen LogP contribution in [0.25, 0.3) is 0 Å². The first-order valence-corrected chi connectivity index (χ1v) is 7.28. The van der Waals surface area contributed by atoms with Crippen molar-refractivity contribution in [3.8, 4) is 0 Å². The second-order valence-corrected chi connectivity index (χ2v) is 5.44. The average Bonchev–Trinajstić information content (AvgIpc) is 2.45. The number of morpholine rings is 1. The summed E-state index contributed by atoms with van der Waals surface area (Å²) in [4.78, 5) is 25.1. The largest absolute Gasteiger partial charge is 0.370 e. The van der Waals surface area contributed by atoms with Crippen LogP contribution in [0.4, 0.5) is 0 Å². The molecular weight excluding hydrogens is 258 g/mol. The van der Waals surface area contributed by atoms with E-state index >= 15 is 0 Å². The molecule has 0 saturated carbocycles. The number of aryl methyl sites for hydroxylation is 1. The molecule has 0 radical (unpaired) electrons. The first-order chi connectivity index (χ1) is 9.59. The van der Waals surface area contributed by atoms with Crippen LogP contribution < -0.4 is 16.1 Å². The van der Waals surface area contributed by atoms with Gasteiger partial charge in [0.1, 0.15) is 13.1 Å². The van der Waals surface area contributed by atoms with Crippen molar-refractivity contribution in [2.75, 3.05) is 32.8 Å². The zero-order chi connectivity index (χ0) is 14.5. The fourth-order valence-electron chi connectivity index (χ4n) is 2.61. The molecule has 1 fully saturated rings. The second-order valence-electron chi connectivity index (χ2n) is 5.44. The molecule has 0 amide bonds. The zero-order valence-corrected chi connectivity index (χ0v) is 12.4. The minimum Gasteiger partial charge on any atom is -0.370 e. The topological polar surface area (TPSA) is 57.7 Å². The summed E-state index contributed by atoms with van der Waals surface area (Å²) in [5.74, 6) is 0. The molecule has 0 aliphatic carbocycles. The molecule has 0 bridgehead atoms. The van der Waals surface area contributed by atoms with E-state index in [4.69, 9.17) is 4.74 Å². The summed E-state index contributed by atoms with van der Waals surface area (Å²) in [7, 11) is 1.53. The Labute approximate surface area is 118 Å². The Balaban J connectivity index is 1.86. The Hall–Kier alpha value is -1.40. The van der Waals surface area contributed by atoms with Crippen molar-refractivity contribution in [2.45, 2.75) is 26.3 Å². The standard InChI is InChI=1S/C14H23N3O3/c1-12-11-13(18)15(2)14(19)17(12)6-4-3-5-16-7-9-20-10-8-16/h11H,3-10H2,1-2H3/p+1. The molecule has 1 N–H and O–H groups in total. The lowest BCUT2D eigenvalue weighted by Crippen LogP contribution is -3.14. The smallest absolute Gasteiger partial charge is 0.330 e. The molecule has 0 spiro atoms. The Kier molecular flexibility index (Phi) is 5.14. The summed E-state index contributed by atoms with van der Waals surface area (Å²) in [6, 6.07) is 1.52. The fourth-order valence-corrected chi connectivity index (χ4v) is 2.61. The number of aromatic nitrogens is 2. The highest BCUT2D eigenvalue weighted by molar-refractivity contribution is 4.99. The molecule has 6 heteroatoms. The van der Waals surface area contributed by atoms with Crippen LogP contribution in [0.1, 0.15) is 18.5 Å². The van der Waals surface area contributed by atoms with Crippen LogP contribution in [0.2, 0.25) is 0 Å². The number of quaternary nitrogens is 1. The summed E-state index contributed by atoms with van der Waals surface area (Å²) >= 11 is 0. The van der Waals surface area contributed by atoms with Gasteiger partial charge in [-0.15, -0.1) is 0 Å². The molecule has 0 atom stereocenters. The number of nitrogens with zero attached hydrogens (tertiary/aromatic N) is 2. The third kappa shape index (κ3) is 3.58. The normalized spacial score (nSPS) is 16.5. The van der Waals surface area contributed by atoms with Crippen LogP contribution in [-0.4, -0.2) is 42.0 Å². The van der Waals surface area contributed by atoms with Gasteiger partial charge in [0, 0.05) is 25.4 Å². The van der Waals surface area contributed by atoms with Crippen LogP contribution in [0.3, 0.4) is 0 Å². The van der Waals surface area contributed by atoms with Gasteiger partial charge in [-0.25, -0.2) is 4.79 Å². The van der Waals surface area contributed by atoms with Crippen molar-refractivity contribution in [3.05, 3.63) is 32.6 Å². The molecule has 20 heavy (non-hydrogen) atoms. The fraction of sp³-hybridized carbons (Fsp3) is 0.714. The van der Waals surface area contributed by atoms with E-state index in [1.165, 1.54) is 17.7 Å². The van der Waals surface area contributed by atoms with E-state index in [-0.39, 0.29) is 11.2 Å². The van der Waals surface area contributed by atoms with Crippen molar-refractivity contribution in [1.29, 1.82) is 0 Å². The summed E-state index contributed by atoms with van der Waals surface area (Å²) in [6.07, 6.45) is 2.05. The van der Waals surface area contributed by atoms with E-state index in [2.05, 4.69) is 0 Å². The number of hydrogen-bond acceptors (Lipinski definition) is 3.